The number of esters is 1. The maximum Gasteiger partial charge on any atom is 0.338 e. The van der Waals surface area contributed by atoms with Crippen LogP contribution in [0.25, 0.3) is 11.0 Å². The minimum atomic E-state index is -3.90. The van der Waals surface area contributed by atoms with Crippen LogP contribution in [-0.2, 0) is 19.6 Å². The molecule has 1 aromatic heterocycles. The average Bonchev–Trinajstić information content (AvgIpc) is 2.67. The second kappa shape index (κ2) is 7.71. The highest BCUT2D eigenvalue weighted by Gasteiger charge is 2.20. The fraction of sp³-hybridized carbons (Fsp3) is 0.111. The molecule has 0 aliphatic carbocycles. The molecule has 0 unspecified atom stereocenters. The minimum Gasteiger partial charge on any atom is -0.449 e. The quantitative estimate of drug-likeness (QED) is 0.618. The average molecular weight is 400 g/mol. The number of anilines is 1. The van der Waals surface area contributed by atoms with E-state index in [1.54, 1.807) is 6.07 Å². The van der Waals surface area contributed by atoms with Crippen LogP contribution in [0.2, 0.25) is 0 Å². The van der Waals surface area contributed by atoms with Gasteiger partial charge in [0, 0.05) is 18.1 Å². The van der Waals surface area contributed by atoms with Crippen LogP contribution in [0.5, 0.6) is 0 Å². The van der Waals surface area contributed by atoms with Crippen LogP contribution in [0.3, 0.4) is 0 Å². The van der Waals surface area contributed by atoms with Crippen molar-refractivity contribution in [2.75, 3.05) is 5.32 Å². The summed E-state index contributed by atoms with van der Waals surface area (Å²) < 4.78 is 27.9. The molecule has 0 fully saturated rings. The number of nitrogens with zero attached hydrogens (tertiary/aromatic N) is 2. The lowest BCUT2D eigenvalue weighted by Gasteiger charge is -2.14. The van der Waals surface area contributed by atoms with Gasteiger partial charge in [-0.2, -0.15) is 0 Å². The maximum absolute atomic E-state index is 12.3. The Kier molecular flexibility index (Phi) is 5.34. The Morgan fingerprint density at radius 3 is 2.50 bits per heavy atom. The molecule has 0 saturated heterocycles. The number of nitrogens with two attached hydrogens (primary N) is 1. The molecule has 10 heteroatoms. The predicted molar refractivity (Wildman–Crippen MR) is 101 cm³/mol. The van der Waals surface area contributed by atoms with Gasteiger partial charge in [0.1, 0.15) is 0 Å². The Balaban J connectivity index is 1.68. The largest absolute Gasteiger partial charge is 0.449 e. The van der Waals surface area contributed by atoms with Gasteiger partial charge in [0.2, 0.25) is 10.0 Å². The lowest BCUT2D eigenvalue weighted by atomic mass is 10.2. The van der Waals surface area contributed by atoms with Crippen molar-refractivity contribution in [1.29, 1.82) is 0 Å². The van der Waals surface area contributed by atoms with Crippen LogP contribution < -0.4 is 10.5 Å². The van der Waals surface area contributed by atoms with Gasteiger partial charge in [0.05, 0.1) is 21.5 Å². The summed E-state index contributed by atoms with van der Waals surface area (Å²) in [7, 11) is -3.90. The minimum absolute atomic E-state index is 0.146. The topological polar surface area (TPSA) is 141 Å². The summed E-state index contributed by atoms with van der Waals surface area (Å²) in [5.41, 5.74) is 1.58. The molecule has 3 rings (SSSR count). The normalized spacial score (nSPS) is 12.4. The summed E-state index contributed by atoms with van der Waals surface area (Å²) in [5, 5.41) is 7.55. The lowest BCUT2D eigenvalue weighted by molar-refractivity contribution is -0.123. The van der Waals surface area contributed by atoms with Gasteiger partial charge in [-0.05, 0) is 43.3 Å². The van der Waals surface area contributed by atoms with Gasteiger partial charge in [-0.15, -0.1) is 0 Å². The molecule has 144 valence electrons. The van der Waals surface area contributed by atoms with Crippen molar-refractivity contribution in [3.05, 3.63) is 60.4 Å². The summed E-state index contributed by atoms with van der Waals surface area (Å²) in [6, 6.07) is 10.1. The molecule has 0 aliphatic rings. The number of ether oxygens (including phenoxy) is 1. The van der Waals surface area contributed by atoms with E-state index in [1.165, 1.54) is 55.7 Å². The van der Waals surface area contributed by atoms with E-state index in [4.69, 9.17) is 9.88 Å². The number of sulfonamides is 1. The van der Waals surface area contributed by atoms with E-state index in [9.17, 15) is 18.0 Å². The van der Waals surface area contributed by atoms with Crippen molar-refractivity contribution in [2.45, 2.75) is 17.9 Å². The monoisotopic (exact) mass is 400 g/mol. The Hall–Kier alpha value is -3.37. The number of primary sulfonamides is 1. The summed E-state index contributed by atoms with van der Waals surface area (Å²) >= 11 is 0. The van der Waals surface area contributed by atoms with Gasteiger partial charge in [-0.25, -0.2) is 18.4 Å². The molecule has 0 radical (unpaired) electrons. The van der Waals surface area contributed by atoms with Gasteiger partial charge in [-0.1, -0.05) is 6.07 Å². The molecule has 3 aromatic rings. The molecule has 0 spiro atoms. The fourth-order valence-electron chi connectivity index (χ4n) is 2.37. The molecular weight excluding hydrogens is 384 g/mol. The molecule has 9 nitrogen and oxygen atoms in total. The highest BCUT2D eigenvalue weighted by molar-refractivity contribution is 7.89. The lowest BCUT2D eigenvalue weighted by Crippen LogP contribution is -2.30. The highest BCUT2D eigenvalue weighted by Crippen LogP contribution is 2.16. The number of carbonyl (C=O) groups is 2. The van der Waals surface area contributed by atoms with Gasteiger partial charge >= 0.3 is 5.97 Å². The second-order valence-corrected chi connectivity index (χ2v) is 7.43. The van der Waals surface area contributed by atoms with E-state index >= 15 is 0 Å². The van der Waals surface area contributed by atoms with Crippen molar-refractivity contribution in [3.8, 4) is 0 Å². The third kappa shape index (κ3) is 4.48. The molecular formula is C18H16N4O5S. The van der Waals surface area contributed by atoms with Gasteiger partial charge < -0.3 is 10.1 Å². The molecule has 0 bridgehead atoms. The van der Waals surface area contributed by atoms with E-state index in [1.807, 2.05) is 0 Å². The zero-order chi connectivity index (χ0) is 20.3. The summed E-state index contributed by atoms with van der Waals surface area (Å²) in [6.07, 6.45) is 1.92. The Labute approximate surface area is 160 Å². The third-order valence-electron chi connectivity index (χ3n) is 3.79. The number of hydrogen-bond acceptors (Lipinski definition) is 7. The Bertz CT molecular complexity index is 1160. The Morgan fingerprint density at radius 2 is 1.79 bits per heavy atom. The van der Waals surface area contributed by atoms with Crippen LogP contribution in [0.15, 0.2) is 59.8 Å². The van der Waals surface area contributed by atoms with Crippen LogP contribution in [0, 0.1) is 0 Å². The van der Waals surface area contributed by atoms with Crippen molar-refractivity contribution < 1.29 is 22.7 Å². The molecule has 3 N–H and O–H groups in total. The predicted octanol–water partition coefficient (Wildman–Crippen LogP) is 1.46. The highest BCUT2D eigenvalue weighted by atomic mass is 32.2. The number of fused-ring (bicyclic) bond motifs is 1. The van der Waals surface area contributed by atoms with Crippen LogP contribution in [0.1, 0.15) is 17.3 Å². The van der Waals surface area contributed by atoms with Crippen LogP contribution in [-0.4, -0.2) is 36.4 Å². The van der Waals surface area contributed by atoms with Crippen molar-refractivity contribution in [1.82, 2.24) is 9.97 Å². The number of rotatable bonds is 5. The molecule has 0 saturated carbocycles. The first-order valence-corrected chi connectivity index (χ1v) is 9.64. The van der Waals surface area contributed by atoms with Gasteiger partial charge in [-0.3, -0.25) is 14.8 Å². The summed E-state index contributed by atoms with van der Waals surface area (Å²) in [4.78, 5) is 32.6. The zero-order valence-corrected chi connectivity index (χ0v) is 15.5. The molecule has 1 heterocycles. The van der Waals surface area contributed by atoms with E-state index in [0.29, 0.717) is 11.0 Å². The van der Waals surface area contributed by atoms with E-state index in [0.717, 1.165) is 0 Å². The first kappa shape index (κ1) is 19.4. The number of amides is 1. The number of aromatic nitrogens is 2. The van der Waals surface area contributed by atoms with Gasteiger partial charge in [0.25, 0.3) is 5.91 Å². The fourth-order valence-corrected chi connectivity index (χ4v) is 2.93. The standard InChI is InChI=1S/C18H16N4O5S/c1-11(17(23)22-13-3-2-4-14(10-13)28(19,25)26)27-18(24)12-5-6-15-16(9-12)21-8-7-20-15/h2-11H,1H3,(H,22,23)(H2,19,25,26)/t11-/m1/s1. The van der Waals surface area contributed by atoms with E-state index in [2.05, 4.69) is 15.3 Å². The summed E-state index contributed by atoms with van der Waals surface area (Å²) in [5.74, 6) is -1.33. The molecule has 1 amide bonds. The van der Waals surface area contributed by atoms with Crippen LogP contribution in [0.4, 0.5) is 5.69 Å². The first-order valence-electron chi connectivity index (χ1n) is 8.09. The van der Waals surface area contributed by atoms with E-state index < -0.39 is 28.0 Å². The second-order valence-electron chi connectivity index (χ2n) is 5.87. The molecule has 28 heavy (non-hydrogen) atoms. The molecule has 1 atom stereocenters. The number of nitrogens with one attached hydrogen (secondary N) is 1. The van der Waals surface area contributed by atoms with Gasteiger partial charge in [0.15, 0.2) is 6.10 Å². The number of benzene rings is 2. The third-order valence-corrected chi connectivity index (χ3v) is 4.70. The van der Waals surface area contributed by atoms with Crippen LogP contribution >= 0.6 is 0 Å². The number of hydrogen-bond donors (Lipinski definition) is 2. The first-order chi connectivity index (χ1) is 13.2. The zero-order valence-electron chi connectivity index (χ0n) is 14.7. The Morgan fingerprint density at radius 1 is 1.07 bits per heavy atom. The molecule has 0 aliphatic heterocycles. The smallest absolute Gasteiger partial charge is 0.338 e. The SMILES string of the molecule is C[C@@H](OC(=O)c1ccc2nccnc2c1)C(=O)Nc1cccc(S(N)(=O)=O)c1. The summed E-state index contributed by atoms with van der Waals surface area (Å²) in [6.45, 7) is 1.40. The van der Waals surface area contributed by atoms with Crippen molar-refractivity contribution in [3.63, 3.8) is 0 Å². The van der Waals surface area contributed by atoms with E-state index in [-0.39, 0.29) is 16.1 Å². The number of carbonyl (C=O) groups excluding carboxylic acids is 2. The molecule has 2 aromatic carbocycles. The maximum atomic E-state index is 12.3. The van der Waals surface area contributed by atoms with Crippen molar-refractivity contribution in [2.24, 2.45) is 5.14 Å². The van der Waals surface area contributed by atoms with Crippen molar-refractivity contribution >= 4 is 38.6 Å².